The van der Waals surface area contributed by atoms with Gasteiger partial charge in [-0.2, -0.15) is 0 Å². The van der Waals surface area contributed by atoms with E-state index in [0.29, 0.717) is 23.6 Å². The Labute approximate surface area is 210 Å². The molecule has 0 aromatic heterocycles. The van der Waals surface area contributed by atoms with E-state index in [1.807, 2.05) is 31.2 Å². The second kappa shape index (κ2) is 13.5. The van der Waals surface area contributed by atoms with Gasteiger partial charge in [-0.15, -0.1) is 0 Å². The summed E-state index contributed by atoms with van der Waals surface area (Å²) >= 11 is 6.40. The van der Waals surface area contributed by atoms with Crippen molar-refractivity contribution >= 4 is 11.6 Å². The van der Waals surface area contributed by atoms with Gasteiger partial charge in [-0.25, -0.2) is 0 Å². The highest BCUT2D eigenvalue weighted by Crippen LogP contribution is 2.40. The summed E-state index contributed by atoms with van der Waals surface area (Å²) < 4.78 is 16.7. The van der Waals surface area contributed by atoms with Gasteiger partial charge in [0.2, 0.25) is 5.79 Å². The van der Waals surface area contributed by atoms with Crippen LogP contribution in [0.5, 0.6) is 5.75 Å². The van der Waals surface area contributed by atoms with Crippen molar-refractivity contribution in [2.24, 2.45) is 0 Å². The predicted molar refractivity (Wildman–Crippen MR) is 129 cm³/mol. The van der Waals surface area contributed by atoms with E-state index in [0.717, 1.165) is 16.9 Å². The summed E-state index contributed by atoms with van der Waals surface area (Å²) in [7, 11) is 1.32. The SMILES string of the molecule is CC(O)CO.CCOc1ccc(Cc2cc([C@]3(OC)O[C@H](CO)[C@@H](O)[C@H](O)[C@H]3O)ccc2Cl)cc1. The van der Waals surface area contributed by atoms with Gasteiger partial charge in [0.25, 0.3) is 0 Å². The Bertz CT molecular complexity index is 906. The van der Waals surface area contributed by atoms with E-state index < -0.39 is 42.9 Å². The second-order valence-electron chi connectivity index (χ2n) is 8.23. The van der Waals surface area contributed by atoms with Crippen molar-refractivity contribution in [1.82, 2.24) is 0 Å². The zero-order chi connectivity index (χ0) is 26.2. The molecule has 0 saturated carbocycles. The van der Waals surface area contributed by atoms with Crippen LogP contribution in [-0.2, 0) is 21.7 Å². The van der Waals surface area contributed by atoms with Gasteiger partial charge >= 0.3 is 0 Å². The molecule has 0 spiro atoms. The third-order valence-electron chi connectivity index (χ3n) is 5.59. The van der Waals surface area contributed by atoms with Gasteiger partial charge < -0.3 is 44.8 Å². The number of halogens is 1. The smallest absolute Gasteiger partial charge is 0.224 e. The third-order valence-corrected chi connectivity index (χ3v) is 5.96. The molecule has 10 heteroatoms. The van der Waals surface area contributed by atoms with Gasteiger partial charge in [-0.3, -0.25) is 0 Å². The average molecular weight is 515 g/mol. The molecule has 6 atom stereocenters. The molecule has 0 aliphatic carbocycles. The molecule has 196 valence electrons. The van der Waals surface area contributed by atoms with Crippen molar-refractivity contribution in [1.29, 1.82) is 0 Å². The van der Waals surface area contributed by atoms with Crippen LogP contribution in [0.1, 0.15) is 30.5 Å². The maximum absolute atomic E-state index is 10.7. The molecule has 2 aromatic carbocycles. The number of aliphatic hydroxyl groups is 6. The van der Waals surface area contributed by atoms with Crippen LogP contribution in [0.2, 0.25) is 5.02 Å². The van der Waals surface area contributed by atoms with E-state index in [2.05, 4.69) is 0 Å². The zero-order valence-corrected chi connectivity index (χ0v) is 20.8. The molecule has 1 aliphatic heterocycles. The zero-order valence-electron chi connectivity index (χ0n) is 20.0. The van der Waals surface area contributed by atoms with Crippen LogP contribution >= 0.6 is 11.6 Å². The van der Waals surface area contributed by atoms with E-state index in [1.54, 1.807) is 18.2 Å². The molecule has 35 heavy (non-hydrogen) atoms. The number of methoxy groups -OCH3 is 1. The number of hydrogen-bond acceptors (Lipinski definition) is 9. The highest BCUT2D eigenvalue weighted by atomic mass is 35.5. The van der Waals surface area contributed by atoms with Crippen molar-refractivity contribution in [3.05, 3.63) is 64.2 Å². The highest BCUT2D eigenvalue weighted by Gasteiger charge is 2.55. The Morgan fingerprint density at radius 3 is 2.20 bits per heavy atom. The molecule has 1 aliphatic rings. The van der Waals surface area contributed by atoms with Gasteiger partial charge in [-0.1, -0.05) is 29.8 Å². The Balaban J connectivity index is 0.000000784. The number of rotatable bonds is 8. The monoisotopic (exact) mass is 514 g/mol. The molecule has 1 fully saturated rings. The fourth-order valence-corrected chi connectivity index (χ4v) is 3.87. The first kappa shape index (κ1) is 29.4. The van der Waals surface area contributed by atoms with E-state index >= 15 is 0 Å². The summed E-state index contributed by atoms with van der Waals surface area (Å²) in [6, 6.07) is 12.6. The van der Waals surface area contributed by atoms with Gasteiger partial charge in [0.1, 0.15) is 30.2 Å². The molecular formula is C25H35ClO9. The summed E-state index contributed by atoms with van der Waals surface area (Å²) in [4.78, 5) is 0. The minimum atomic E-state index is -1.77. The first-order valence-electron chi connectivity index (χ1n) is 11.3. The molecule has 0 amide bonds. The van der Waals surface area contributed by atoms with Crippen LogP contribution in [-0.4, -0.2) is 88.1 Å². The largest absolute Gasteiger partial charge is 0.494 e. The fourth-order valence-electron chi connectivity index (χ4n) is 3.68. The molecule has 0 bridgehead atoms. The number of hydrogen-bond donors (Lipinski definition) is 6. The molecule has 1 saturated heterocycles. The van der Waals surface area contributed by atoms with Crippen LogP contribution in [0, 0.1) is 0 Å². The Kier molecular flexibility index (Phi) is 11.4. The second-order valence-corrected chi connectivity index (χ2v) is 8.64. The van der Waals surface area contributed by atoms with E-state index in [4.69, 9.17) is 36.0 Å². The number of ether oxygens (including phenoxy) is 3. The summed E-state index contributed by atoms with van der Waals surface area (Å²) in [5.41, 5.74) is 2.16. The molecule has 9 nitrogen and oxygen atoms in total. The summed E-state index contributed by atoms with van der Waals surface area (Å²) in [6.45, 7) is 3.34. The lowest BCUT2D eigenvalue weighted by Crippen LogP contribution is -2.64. The normalized spacial score (nSPS) is 27.0. The van der Waals surface area contributed by atoms with Gasteiger partial charge in [0.15, 0.2) is 0 Å². The quantitative estimate of drug-likeness (QED) is 0.303. The van der Waals surface area contributed by atoms with Crippen molar-refractivity contribution in [3.8, 4) is 5.75 Å². The molecule has 6 N–H and O–H groups in total. The van der Waals surface area contributed by atoms with Gasteiger partial charge in [0.05, 0.1) is 25.9 Å². The van der Waals surface area contributed by atoms with Crippen LogP contribution < -0.4 is 4.74 Å². The summed E-state index contributed by atoms with van der Waals surface area (Å²) in [6.07, 6.45) is -5.79. The lowest BCUT2D eigenvalue weighted by molar-refractivity contribution is -0.366. The molecule has 1 heterocycles. The Morgan fingerprint density at radius 1 is 1.06 bits per heavy atom. The molecular weight excluding hydrogens is 480 g/mol. The Morgan fingerprint density at radius 2 is 1.69 bits per heavy atom. The van der Waals surface area contributed by atoms with Gasteiger partial charge in [0, 0.05) is 17.7 Å². The highest BCUT2D eigenvalue weighted by molar-refractivity contribution is 6.31. The maximum atomic E-state index is 10.7. The standard InChI is InChI=1S/C22H27ClO7.C3H8O2/c1-3-29-16-7-4-13(5-8-16)10-14-11-15(6-9-17(14)23)22(28-2)21(27)20(26)19(25)18(12-24)30-22;1-3(5)2-4/h4-9,11,18-21,24-27H,3,10,12H2,1-2H3;3-5H,2H2,1H3/t18-,19-,20+,21-,22+;/m1./s1. The van der Waals surface area contributed by atoms with Crippen LogP contribution in [0.25, 0.3) is 0 Å². The topological polar surface area (TPSA) is 149 Å². The van der Waals surface area contributed by atoms with Crippen molar-refractivity contribution < 1.29 is 44.8 Å². The van der Waals surface area contributed by atoms with E-state index in [1.165, 1.54) is 14.0 Å². The number of benzene rings is 2. The summed E-state index contributed by atoms with van der Waals surface area (Å²) in [5.74, 6) is -0.995. The minimum Gasteiger partial charge on any atom is -0.494 e. The third kappa shape index (κ3) is 7.13. The van der Waals surface area contributed by atoms with Crippen molar-refractivity contribution in [2.45, 2.75) is 56.6 Å². The molecule has 0 radical (unpaired) electrons. The predicted octanol–water partition coefficient (Wildman–Crippen LogP) is 0.962. The number of aliphatic hydroxyl groups excluding tert-OH is 6. The first-order valence-corrected chi connectivity index (χ1v) is 11.7. The van der Waals surface area contributed by atoms with Crippen LogP contribution in [0.15, 0.2) is 42.5 Å². The minimum absolute atomic E-state index is 0.139. The lowest BCUT2D eigenvalue weighted by atomic mass is 9.87. The van der Waals surface area contributed by atoms with Crippen LogP contribution in [0.4, 0.5) is 0 Å². The Hall–Kier alpha value is -1.79. The fraction of sp³-hybridized carbons (Fsp3) is 0.520. The average Bonchev–Trinajstić information content (AvgIpc) is 2.86. The lowest BCUT2D eigenvalue weighted by Gasteiger charge is -2.47. The van der Waals surface area contributed by atoms with Gasteiger partial charge in [-0.05, 0) is 55.7 Å². The molecule has 3 rings (SSSR count). The molecule has 2 aromatic rings. The maximum Gasteiger partial charge on any atom is 0.224 e. The van der Waals surface area contributed by atoms with Crippen molar-refractivity contribution in [3.63, 3.8) is 0 Å². The van der Waals surface area contributed by atoms with Crippen molar-refractivity contribution in [2.75, 3.05) is 26.9 Å². The van der Waals surface area contributed by atoms with E-state index in [-0.39, 0.29) is 6.61 Å². The summed E-state index contributed by atoms with van der Waals surface area (Å²) in [5, 5.41) is 57.1. The van der Waals surface area contributed by atoms with E-state index in [9.17, 15) is 20.4 Å². The van der Waals surface area contributed by atoms with Crippen LogP contribution in [0.3, 0.4) is 0 Å². The first-order chi connectivity index (χ1) is 16.6. The molecule has 1 unspecified atom stereocenters.